The molecule has 0 fully saturated rings. The number of hydrogen-bond donors (Lipinski definition) is 2. The first-order valence-corrected chi connectivity index (χ1v) is 9.83. The second kappa shape index (κ2) is 10.1. The van der Waals surface area contributed by atoms with Crippen molar-refractivity contribution in [1.82, 2.24) is 5.32 Å². The summed E-state index contributed by atoms with van der Waals surface area (Å²) in [5, 5.41) is 4.50. The van der Waals surface area contributed by atoms with Crippen molar-refractivity contribution < 1.29 is 4.79 Å². The second-order valence-corrected chi connectivity index (χ2v) is 7.51. The highest BCUT2D eigenvalue weighted by Gasteiger charge is 2.29. The molecule has 1 aliphatic rings. The van der Waals surface area contributed by atoms with E-state index >= 15 is 0 Å². The lowest BCUT2D eigenvalue weighted by molar-refractivity contribution is -0.117. The van der Waals surface area contributed by atoms with E-state index < -0.39 is 0 Å². The van der Waals surface area contributed by atoms with Crippen LogP contribution < -0.4 is 11.1 Å². The zero-order valence-corrected chi connectivity index (χ0v) is 17.3. The third-order valence-electron chi connectivity index (χ3n) is 5.34. The quantitative estimate of drug-likeness (QED) is 0.714. The molecule has 3 N–H and O–H groups in total. The summed E-state index contributed by atoms with van der Waals surface area (Å²) in [6.07, 6.45) is 4.24. The summed E-state index contributed by atoms with van der Waals surface area (Å²) in [6.45, 7) is 3.12. The van der Waals surface area contributed by atoms with Crippen molar-refractivity contribution in [2.45, 2.75) is 51.0 Å². The van der Waals surface area contributed by atoms with Gasteiger partial charge in [-0.2, -0.15) is 0 Å². The monoisotopic (exact) mass is 406 g/mol. The van der Waals surface area contributed by atoms with E-state index in [-0.39, 0.29) is 18.3 Å². The lowest BCUT2D eigenvalue weighted by Crippen LogP contribution is -2.39. The van der Waals surface area contributed by atoms with Gasteiger partial charge in [0.05, 0.1) is 0 Å². The van der Waals surface area contributed by atoms with E-state index in [1.165, 1.54) is 22.3 Å². The highest BCUT2D eigenvalue weighted by atomic mass is 35.5. The van der Waals surface area contributed by atoms with Gasteiger partial charge >= 0.3 is 0 Å². The molecule has 0 spiro atoms. The van der Waals surface area contributed by atoms with Gasteiger partial charge in [-0.15, -0.1) is 12.4 Å². The molecule has 2 unspecified atom stereocenters. The first kappa shape index (κ1) is 21.7. The number of primary amides is 1. The first-order valence-electron chi connectivity index (χ1n) is 9.45. The zero-order chi connectivity index (χ0) is 18.5. The third kappa shape index (κ3) is 5.47. The van der Waals surface area contributed by atoms with Crippen LogP contribution in [0.4, 0.5) is 0 Å². The van der Waals surface area contributed by atoms with Gasteiger partial charge in [0.1, 0.15) is 0 Å². The van der Waals surface area contributed by atoms with Crippen LogP contribution in [0, 0.1) is 0 Å². The molecule has 2 atom stereocenters. The Kier molecular flexibility index (Phi) is 8.15. The Morgan fingerprint density at radius 2 is 2.04 bits per heavy atom. The van der Waals surface area contributed by atoms with Crippen LogP contribution in [-0.4, -0.2) is 18.5 Å². The van der Waals surface area contributed by atoms with E-state index in [0.29, 0.717) is 24.8 Å². The first-order chi connectivity index (χ1) is 12.6. The van der Waals surface area contributed by atoms with Gasteiger partial charge in [-0.05, 0) is 60.5 Å². The standard InChI is InChI=1S/C22H27ClN2O.ClH/c1-2-25-21-11-10-16-9-7-15(8-12-22(24)26)13-18(16)19(21)14-17-5-3-4-6-20(17)23;/h3-7,9,13,19,21,25H,2,8,10-12,14H2,1H3,(H2,24,26);1H. The zero-order valence-electron chi connectivity index (χ0n) is 15.7. The van der Waals surface area contributed by atoms with Gasteiger partial charge < -0.3 is 11.1 Å². The Morgan fingerprint density at radius 1 is 1.26 bits per heavy atom. The molecule has 1 amide bonds. The SMILES string of the molecule is CCNC1CCc2ccc(CCC(N)=O)cc2C1Cc1ccccc1Cl.Cl. The topological polar surface area (TPSA) is 55.1 Å². The van der Waals surface area contributed by atoms with Crippen LogP contribution >= 0.6 is 24.0 Å². The number of hydrogen-bond acceptors (Lipinski definition) is 2. The van der Waals surface area contributed by atoms with Crippen molar-refractivity contribution in [2.24, 2.45) is 5.73 Å². The summed E-state index contributed by atoms with van der Waals surface area (Å²) < 4.78 is 0. The summed E-state index contributed by atoms with van der Waals surface area (Å²) in [4.78, 5) is 11.1. The largest absolute Gasteiger partial charge is 0.370 e. The Balaban J connectivity index is 0.00000261. The van der Waals surface area contributed by atoms with Crippen LogP contribution in [0.15, 0.2) is 42.5 Å². The lowest BCUT2D eigenvalue weighted by Gasteiger charge is -2.35. The summed E-state index contributed by atoms with van der Waals surface area (Å²) in [6, 6.07) is 15.2. The van der Waals surface area contributed by atoms with Crippen LogP contribution in [0.5, 0.6) is 0 Å². The van der Waals surface area contributed by atoms with Crippen LogP contribution in [0.2, 0.25) is 5.02 Å². The maximum Gasteiger partial charge on any atom is 0.217 e. The lowest BCUT2D eigenvalue weighted by atomic mass is 9.75. The van der Waals surface area contributed by atoms with Crippen molar-refractivity contribution in [3.05, 3.63) is 69.7 Å². The molecule has 2 aromatic carbocycles. The number of carbonyl (C=O) groups excluding carboxylic acids is 1. The summed E-state index contributed by atoms with van der Waals surface area (Å²) in [5.41, 5.74) is 10.5. The number of aryl methyl sites for hydroxylation is 2. The van der Waals surface area contributed by atoms with Gasteiger partial charge in [0.15, 0.2) is 0 Å². The Labute approximate surface area is 173 Å². The molecule has 5 heteroatoms. The molecule has 1 aliphatic carbocycles. The Bertz CT molecular complexity index is 779. The van der Waals surface area contributed by atoms with Crippen LogP contribution in [0.3, 0.4) is 0 Å². The van der Waals surface area contributed by atoms with Gasteiger partial charge in [0.25, 0.3) is 0 Å². The Morgan fingerprint density at radius 3 is 2.74 bits per heavy atom. The van der Waals surface area contributed by atoms with Crippen LogP contribution in [0.1, 0.15) is 47.9 Å². The van der Waals surface area contributed by atoms with Crippen molar-refractivity contribution >= 4 is 29.9 Å². The average molecular weight is 407 g/mol. The van der Waals surface area contributed by atoms with E-state index in [4.69, 9.17) is 17.3 Å². The number of halogens is 2. The van der Waals surface area contributed by atoms with E-state index in [1.54, 1.807) is 0 Å². The molecule has 3 rings (SSSR count). The molecule has 0 saturated heterocycles. The van der Waals surface area contributed by atoms with Crippen LogP contribution in [0.25, 0.3) is 0 Å². The minimum Gasteiger partial charge on any atom is -0.370 e. The normalized spacial score (nSPS) is 18.4. The molecule has 27 heavy (non-hydrogen) atoms. The van der Waals surface area contributed by atoms with Gasteiger partial charge in [-0.25, -0.2) is 0 Å². The number of amides is 1. The van der Waals surface area contributed by atoms with Crippen LogP contribution in [-0.2, 0) is 24.1 Å². The van der Waals surface area contributed by atoms with Gasteiger partial charge in [-0.3, -0.25) is 4.79 Å². The van der Waals surface area contributed by atoms with Crippen molar-refractivity contribution in [3.63, 3.8) is 0 Å². The fourth-order valence-corrected chi connectivity index (χ4v) is 4.24. The number of fused-ring (bicyclic) bond motifs is 1. The number of likely N-dealkylation sites (N-methyl/N-ethyl adjacent to an activating group) is 1. The van der Waals surface area contributed by atoms with Crippen molar-refractivity contribution in [3.8, 4) is 0 Å². The average Bonchev–Trinajstić information content (AvgIpc) is 2.63. The molecule has 0 bridgehead atoms. The van der Waals surface area contributed by atoms with Crippen molar-refractivity contribution in [1.29, 1.82) is 0 Å². The maximum atomic E-state index is 11.1. The number of benzene rings is 2. The van der Waals surface area contributed by atoms with E-state index in [2.05, 4.69) is 42.6 Å². The maximum absolute atomic E-state index is 11.1. The number of rotatable bonds is 7. The fraction of sp³-hybridized carbons (Fsp3) is 0.409. The third-order valence-corrected chi connectivity index (χ3v) is 5.71. The molecule has 146 valence electrons. The summed E-state index contributed by atoms with van der Waals surface area (Å²) >= 11 is 6.44. The molecule has 0 heterocycles. The highest BCUT2D eigenvalue weighted by Crippen LogP contribution is 2.36. The molecular formula is C22H28Cl2N2O. The van der Waals surface area contributed by atoms with E-state index in [0.717, 1.165) is 30.8 Å². The number of nitrogens with two attached hydrogens (primary N) is 1. The second-order valence-electron chi connectivity index (χ2n) is 7.10. The smallest absolute Gasteiger partial charge is 0.217 e. The minimum atomic E-state index is -0.249. The molecule has 3 nitrogen and oxygen atoms in total. The molecule has 0 aromatic heterocycles. The molecule has 0 aliphatic heterocycles. The predicted molar refractivity (Wildman–Crippen MR) is 115 cm³/mol. The highest BCUT2D eigenvalue weighted by molar-refractivity contribution is 6.31. The van der Waals surface area contributed by atoms with Gasteiger partial charge in [0.2, 0.25) is 5.91 Å². The molecule has 0 radical (unpaired) electrons. The summed E-state index contributed by atoms with van der Waals surface area (Å²) in [5.74, 6) is 0.132. The minimum absolute atomic E-state index is 0. The molecule has 2 aromatic rings. The van der Waals surface area contributed by atoms with E-state index in [1.807, 2.05) is 12.1 Å². The number of carbonyl (C=O) groups is 1. The van der Waals surface area contributed by atoms with Crippen molar-refractivity contribution in [2.75, 3.05) is 6.54 Å². The number of nitrogens with one attached hydrogen (secondary N) is 1. The predicted octanol–water partition coefficient (Wildman–Crippen LogP) is 4.43. The molecular weight excluding hydrogens is 379 g/mol. The molecule has 0 saturated carbocycles. The Hall–Kier alpha value is -1.55. The van der Waals surface area contributed by atoms with E-state index in [9.17, 15) is 4.79 Å². The van der Waals surface area contributed by atoms with Gasteiger partial charge in [-0.1, -0.05) is 54.9 Å². The summed E-state index contributed by atoms with van der Waals surface area (Å²) in [7, 11) is 0. The fourth-order valence-electron chi connectivity index (χ4n) is 4.03. The van der Waals surface area contributed by atoms with Gasteiger partial charge in [0, 0.05) is 23.4 Å².